The highest BCUT2D eigenvalue weighted by Gasteiger charge is 2.21. The average Bonchev–Trinajstić information content (AvgIpc) is 2.64. The third-order valence-electron chi connectivity index (χ3n) is 4.69. The van der Waals surface area contributed by atoms with Crippen LogP contribution in [0, 0.1) is 5.92 Å². The molecule has 2 heterocycles. The van der Waals surface area contributed by atoms with E-state index in [1.54, 1.807) is 6.20 Å². The summed E-state index contributed by atoms with van der Waals surface area (Å²) < 4.78 is 0. The van der Waals surface area contributed by atoms with Crippen LogP contribution in [0.25, 0.3) is 0 Å². The number of likely N-dealkylation sites (N-methyl/N-ethyl adjacent to an activating group) is 1. The maximum Gasteiger partial charge on any atom is 0.314 e. The van der Waals surface area contributed by atoms with Gasteiger partial charge in [0.05, 0.1) is 0 Å². The molecule has 0 aliphatic carbocycles. The van der Waals surface area contributed by atoms with Crippen LogP contribution in [0.3, 0.4) is 0 Å². The standard InChI is InChI=1S/C18H30N4O2/c1-2-22-10-6-4-8-17(22)13-21-18(24)20-12-15(14-23)11-16-7-3-5-9-19-16/h3,5,7,9,15,17,23H,2,4,6,8,10-14H2,1H3,(H2,20,21,24). The molecule has 3 N–H and O–H groups in total. The molecule has 1 saturated heterocycles. The minimum Gasteiger partial charge on any atom is -0.396 e. The number of urea groups is 1. The van der Waals surface area contributed by atoms with Gasteiger partial charge in [-0.15, -0.1) is 0 Å². The second-order valence-electron chi connectivity index (χ2n) is 6.44. The van der Waals surface area contributed by atoms with Crippen LogP contribution in [0.4, 0.5) is 4.79 Å². The molecule has 0 saturated carbocycles. The van der Waals surface area contributed by atoms with E-state index in [1.807, 2.05) is 18.2 Å². The van der Waals surface area contributed by atoms with Crippen molar-refractivity contribution in [2.24, 2.45) is 5.92 Å². The van der Waals surface area contributed by atoms with E-state index in [2.05, 4.69) is 27.4 Å². The lowest BCUT2D eigenvalue weighted by molar-refractivity contribution is 0.153. The van der Waals surface area contributed by atoms with Crippen molar-refractivity contribution in [3.8, 4) is 0 Å². The summed E-state index contributed by atoms with van der Waals surface area (Å²) in [6, 6.07) is 6.02. The van der Waals surface area contributed by atoms with Crippen molar-refractivity contribution in [3.63, 3.8) is 0 Å². The van der Waals surface area contributed by atoms with E-state index >= 15 is 0 Å². The van der Waals surface area contributed by atoms with Gasteiger partial charge in [-0.25, -0.2) is 4.79 Å². The lowest BCUT2D eigenvalue weighted by Gasteiger charge is -2.34. The van der Waals surface area contributed by atoms with Crippen LogP contribution >= 0.6 is 0 Å². The number of carbonyl (C=O) groups excluding carboxylic acids is 1. The van der Waals surface area contributed by atoms with Crippen LogP contribution in [0.2, 0.25) is 0 Å². The first-order chi connectivity index (χ1) is 11.7. The summed E-state index contributed by atoms with van der Waals surface area (Å²) in [5.74, 6) is -0.0209. The van der Waals surface area contributed by atoms with Crippen LogP contribution in [0.5, 0.6) is 0 Å². The zero-order valence-electron chi connectivity index (χ0n) is 14.6. The van der Waals surface area contributed by atoms with Crippen molar-refractivity contribution < 1.29 is 9.90 Å². The molecular formula is C18H30N4O2. The number of rotatable bonds is 8. The summed E-state index contributed by atoms with van der Waals surface area (Å²) in [7, 11) is 0. The van der Waals surface area contributed by atoms with Gasteiger partial charge in [-0.2, -0.15) is 0 Å². The van der Waals surface area contributed by atoms with Gasteiger partial charge in [0, 0.05) is 43.5 Å². The van der Waals surface area contributed by atoms with Crippen LogP contribution in [0.15, 0.2) is 24.4 Å². The molecule has 1 fully saturated rings. The number of nitrogens with zero attached hydrogens (tertiary/aromatic N) is 2. The molecule has 6 nitrogen and oxygen atoms in total. The largest absolute Gasteiger partial charge is 0.396 e. The molecule has 6 heteroatoms. The van der Waals surface area contributed by atoms with Crippen molar-refractivity contribution in [3.05, 3.63) is 30.1 Å². The number of amides is 2. The van der Waals surface area contributed by atoms with Gasteiger partial charge in [0.25, 0.3) is 0 Å². The molecule has 2 rings (SSSR count). The topological polar surface area (TPSA) is 77.5 Å². The lowest BCUT2D eigenvalue weighted by atomic mass is 10.0. The number of pyridine rings is 1. The van der Waals surface area contributed by atoms with Gasteiger partial charge in [-0.05, 0) is 44.5 Å². The first kappa shape index (κ1) is 18.7. The summed E-state index contributed by atoms with van der Waals surface area (Å²) in [4.78, 5) is 18.7. The maximum absolute atomic E-state index is 12.0. The molecule has 0 spiro atoms. The third-order valence-corrected chi connectivity index (χ3v) is 4.69. The first-order valence-corrected chi connectivity index (χ1v) is 8.99. The van der Waals surface area contributed by atoms with E-state index in [4.69, 9.17) is 0 Å². The smallest absolute Gasteiger partial charge is 0.314 e. The third kappa shape index (κ3) is 6.09. The fraction of sp³-hybridized carbons (Fsp3) is 0.667. The van der Waals surface area contributed by atoms with Gasteiger partial charge >= 0.3 is 6.03 Å². The molecule has 134 valence electrons. The monoisotopic (exact) mass is 334 g/mol. The van der Waals surface area contributed by atoms with Crippen LogP contribution in [-0.4, -0.2) is 59.8 Å². The number of carbonyl (C=O) groups is 1. The molecule has 1 aliphatic rings. The zero-order valence-corrected chi connectivity index (χ0v) is 14.6. The van der Waals surface area contributed by atoms with Gasteiger partial charge in [-0.1, -0.05) is 19.4 Å². The maximum atomic E-state index is 12.0. The number of piperidine rings is 1. The van der Waals surface area contributed by atoms with Crippen molar-refractivity contribution in [1.29, 1.82) is 0 Å². The van der Waals surface area contributed by atoms with Crippen LogP contribution in [0.1, 0.15) is 31.9 Å². The number of aliphatic hydroxyl groups excluding tert-OH is 1. The highest BCUT2D eigenvalue weighted by molar-refractivity contribution is 5.73. The van der Waals surface area contributed by atoms with Crippen molar-refractivity contribution >= 4 is 6.03 Å². The molecule has 1 aliphatic heterocycles. The second kappa shape index (κ2) is 10.3. The Kier molecular flexibility index (Phi) is 7.98. The molecule has 24 heavy (non-hydrogen) atoms. The highest BCUT2D eigenvalue weighted by Crippen LogP contribution is 2.15. The average molecular weight is 334 g/mol. The number of aliphatic hydroxyl groups is 1. The van der Waals surface area contributed by atoms with Crippen molar-refractivity contribution in [1.82, 2.24) is 20.5 Å². The molecule has 2 unspecified atom stereocenters. The Morgan fingerprint density at radius 3 is 3.00 bits per heavy atom. The van der Waals surface area contributed by atoms with E-state index < -0.39 is 0 Å². The van der Waals surface area contributed by atoms with Crippen LogP contribution in [-0.2, 0) is 6.42 Å². The SMILES string of the molecule is CCN1CCCCC1CNC(=O)NCC(CO)Cc1ccccn1. The summed E-state index contributed by atoms with van der Waals surface area (Å²) in [5, 5.41) is 15.3. The molecule has 0 bridgehead atoms. The Hall–Kier alpha value is -1.66. The quantitative estimate of drug-likeness (QED) is 0.672. The van der Waals surface area contributed by atoms with E-state index in [-0.39, 0.29) is 18.6 Å². The van der Waals surface area contributed by atoms with E-state index in [0.29, 0.717) is 25.6 Å². The fourth-order valence-corrected chi connectivity index (χ4v) is 3.23. The van der Waals surface area contributed by atoms with Gasteiger partial charge in [0.2, 0.25) is 0 Å². The Balaban J connectivity index is 1.69. The predicted molar refractivity (Wildman–Crippen MR) is 94.8 cm³/mol. The molecule has 1 aromatic heterocycles. The molecule has 2 atom stereocenters. The van der Waals surface area contributed by atoms with E-state index in [1.165, 1.54) is 12.8 Å². The highest BCUT2D eigenvalue weighted by atomic mass is 16.3. The normalized spacial score (nSPS) is 19.7. The summed E-state index contributed by atoms with van der Waals surface area (Å²) in [6.45, 7) is 5.49. The van der Waals surface area contributed by atoms with Gasteiger partial charge in [0.1, 0.15) is 0 Å². The Bertz CT molecular complexity index is 483. The number of hydrogen-bond acceptors (Lipinski definition) is 4. The lowest BCUT2D eigenvalue weighted by Crippen LogP contribution is -2.49. The van der Waals surface area contributed by atoms with Gasteiger partial charge in [0.15, 0.2) is 0 Å². The number of likely N-dealkylation sites (tertiary alicyclic amines) is 1. The van der Waals surface area contributed by atoms with E-state index in [0.717, 1.165) is 25.2 Å². The Morgan fingerprint density at radius 2 is 2.29 bits per heavy atom. The molecular weight excluding hydrogens is 304 g/mol. The van der Waals surface area contributed by atoms with Gasteiger partial charge < -0.3 is 15.7 Å². The minimum absolute atomic E-state index is 0.0209. The Morgan fingerprint density at radius 1 is 1.42 bits per heavy atom. The zero-order chi connectivity index (χ0) is 17.2. The number of aromatic nitrogens is 1. The number of hydrogen-bond donors (Lipinski definition) is 3. The summed E-state index contributed by atoms with van der Waals surface area (Å²) in [6.07, 6.45) is 6.04. The van der Waals surface area contributed by atoms with Crippen LogP contribution < -0.4 is 10.6 Å². The summed E-state index contributed by atoms with van der Waals surface area (Å²) >= 11 is 0. The molecule has 0 radical (unpaired) electrons. The van der Waals surface area contributed by atoms with E-state index in [9.17, 15) is 9.90 Å². The molecule has 1 aromatic rings. The van der Waals surface area contributed by atoms with Gasteiger partial charge in [-0.3, -0.25) is 9.88 Å². The molecule has 0 aromatic carbocycles. The predicted octanol–water partition coefficient (Wildman–Crippen LogP) is 1.41. The molecule has 2 amide bonds. The van der Waals surface area contributed by atoms with Crippen molar-refractivity contribution in [2.45, 2.75) is 38.6 Å². The Labute approximate surface area is 144 Å². The first-order valence-electron chi connectivity index (χ1n) is 8.99. The van der Waals surface area contributed by atoms with Crippen molar-refractivity contribution in [2.75, 3.05) is 32.8 Å². The fourth-order valence-electron chi connectivity index (χ4n) is 3.23. The number of nitrogens with one attached hydrogen (secondary N) is 2. The summed E-state index contributed by atoms with van der Waals surface area (Å²) in [5.41, 5.74) is 0.930. The minimum atomic E-state index is -0.156. The second-order valence-corrected chi connectivity index (χ2v) is 6.44.